The van der Waals surface area contributed by atoms with Crippen LogP contribution in [0.25, 0.3) is 10.6 Å². The lowest BCUT2D eigenvalue weighted by molar-refractivity contribution is 0.111. The van der Waals surface area contributed by atoms with Gasteiger partial charge in [0.25, 0.3) is 0 Å². The van der Waals surface area contributed by atoms with Crippen molar-refractivity contribution in [3.8, 4) is 16.3 Å². The number of thiazole rings is 1. The Bertz CT molecular complexity index is 524. The molecule has 0 spiro atoms. The normalized spacial score (nSPS) is 10.1. The number of aldehydes is 1. The van der Waals surface area contributed by atoms with Gasteiger partial charge in [-0.15, -0.1) is 11.3 Å². The molecule has 0 aliphatic carbocycles. The van der Waals surface area contributed by atoms with Crippen LogP contribution >= 0.6 is 27.3 Å². The van der Waals surface area contributed by atoms with E-state index in [-0.39, 0.29) is 0 Å². The van der Waals surface area contributed by atoms with E-state index in [4.69, 9.17) is 4.74 Å². The number of carbonyl (C=O) groups is 1. The summed E-state index contributed by atoms with van der Waals surface area (Å²) in [5.74, 6) is 0.745. The van der Waals surface area contributed by atoms with E-state index in [1.807, 2.05) is 18.2 Å². The summed E-state index contributed by atoms with van der Waals surface area (Å²) in [5, 5.41) is 2.50. The van der Waals surface area contributed by atoms with Gasteiger partial charge in [-0.05, 0) is 18.2 Å². The average molecular weight is 298 g/mol. The molecule has 0 amide bonds. The molecule has 0 aliphatic rings. The fraction of sp³-hybridized carbons (Fsp3) is 0.0909. The van der Waals surface area contributed by atoms with Crippen LogP contribution in [0.2, 0.25) is 0 Å². The Kier molecular flexibility index (Phi) is 3.36. The number of benzene rings is 1. The molecule has 82 valence electrons. The van der Waals surface area contributed by atoms with Gasteiger partial charge in [-0.2, -0.15) is 0 Å². The predicted molar refractivity (Wildman–Crippen MR) is 67.2 cm³/mol. The largest absolute Gasteiger partial charge is 0.496 e. The van der Waals surface area contributed by atoms with Crippen molar-refractivity contribution >= 4 is 33.6 Å². The predicted octanol–water partition coefficient (Wildman–Crippen LogP) is 3.39. The van der Waals surface area contributed by atoms with E-state index in [0.29, 0.717) is 5.69 Å². The summed E-state index contributed by atoms with van der Waals surface area (Å²) in [4.78, 5) is 14.8. The van der Waals surface area contributed by atoms with Crippen LogP contribution in [0.4, 0.5) is 0 Å². The molecule has 5 heteroatoms. The van der Waals surface area contributed by atoms with E-state index in [1.54, 1.807) is 12.5 Å². The van der Waals surface area contributed by atoms with Crippen LogP contribution in [0, 0.1) is 0 Å². The quantitative estimate of drug-likeness (QED) is 0.815. The van der Waals surface area contributed by atoms with E-state index in [1.165, 1.54) is 11.3 Å². The molecular formula is C11H8BrNO2S. The van der Waals surface area contributed by atoms with E-state index in [0.717, 1.165) is 27.1 Å². The van der Waals surface area contributed by atoms with Crippen molar-refractivity contribution in [3.05, 3.63) is 33.7 Å². The first kappa shape index (κ1) is 11.3. The van der Waals surface area contributed by atoms with Crippen molar-refractivity contribution < 1.29 is 9.53 Å². The fourth-order valence-corrected chi connectivity index (χ4v) is 2.46. The van der Waals surface area contributed by atoms with Crippen molar-refractivity contribution in [2.24, 2.45) is 0 Å². The minimum Gasteiger partial charge on any atom is -0.496 e. The number of ether oxygens (including phenoxy) is 1. The van der Waals surface area contributed by atoms with Crippen molar-refractivity contribution in [1.29, 1.82) is 0 Å². The highest BCUT2D eigenvalue weighted by molar-refractivity contribution is 9.10. The van der Waals surface area contributed by atoms with Gasteiger partial charge in [0.2, 0.25) is 0 Å². The van der Waals surface area contributed by atoms with Gasteiger partial charge in [-0.25, -0.2) is 4.98 Å². The van der Waals surface area contributed by atoms with E-state index < -0.39 is 0 Å². The van der Waals surface area contributed by atoms with Crippen molar-refractivity contribution in [1.82, 2.24) is 4.98 Å². The summed E-state index contributed by atoms with van der Waals surface area (Å²) in [6, 6.07) is 5.68. The Labute approximate surface area is 105 Å². The molecule has 0 bridgehead atoms. The first-order valence-corrected chi connectivity index (χ1v) is 6.16. The smallest absolute Gasteiger partial charge is 0.169 e. The maximum Gasteiger partial charge on any atom is 0.169 e. The van der Waals surface area contributed by atoms with Gasteiger partial charge < -0.3 is 4.74 Å². The molecule has 16 heavy (non-hydrogen) atoms. The van der Waals surface area contributed by atoms with Crippen molar-refractivity contribution in [2.45, 2.75) is 0 Å². The number of methoxy groups -OCH3 is 1. The lowest BCUT2D eigenvalue weighted by Crippen LogP contribution is -1.88. The average Bonchev–Trinajstić information content (AvgIpc) is 2.77. The zero-order valence-corrected chi connectivity index (χ0v) is 10.8. The number of hydrogen-bond donors (Lipinski definition) is 0. The van der Waals surface area contributed by atoms with E-state index >= 15 is 0 Å². The second-order valence-corrected chi connectivity index (χ2v) is 4.81. The van der Waals surface area contributed by atoms with Crippen LogP contribution in [0.1, 0.15) is 10.5 Å². The number of nitrogens with zero attached hydrogens (tertiary/aromatic N) is 1. The van der Waals surface area contributed by atoms with Gasteiger partial charge in [0, 0.05) is 9.85 Å². The Balaban J connectivity index is 2.53. The molecule has 0 saturated heterocycles. The molecule has 2 rings (SSSR count). The van der Waals surface area contributed by atoms with Crippen LogP contribution in [-0.2, 0) is 0 Å². The first-order valence-electron chi connectivity index (χ1n) is 4.49. The molecule has 2 aromatic rings. The summed E-state index contributed by atoms with van der Waals surface area (Å²) in [6.07, 6.45) is 0.741. The maximum absolute atomic E-state index is 10.6. The summed E-state index contributed by atoms with van der Waals surface area (Å²) >= 11 is 4.82. The minimum absolute atomic E-state index is 0.446. The number of halogens is 1. The van der Waals surface area contributed by atoms with Crippen LogP contribution in [-0.4, -0.2) is 18.4 Å². The Hall–Kier alpha value is -1.20. The van der Waals surface area contributed by atoms with Gasteiger partial charge in [0.1, 0.15) is 16.5 Å². The SMILES string of the molecule is COc1ccc(Br)cc1-c1nc(C=O)cs1. The Morgan fingerprint density at radius 3 is 2.94 bits per heavy atom. The summed E-state index contributed by atoms with van der Waals surface area (Å²) in [5.41, 5.74) is 1.33. The number of rotatable bonds is 3. The van der Waals surface area contributed by atoms with Crippen LogP contribution in [0.5, 0.6) is 5.75 Å². The monoisotopic (exact) mass is 297 g/mol. The minimum atomic E-state index is 0.446. The molecule has 0 aliphatic heterocycles. The molecule has 1 aromatic heterocycles. The fourth-order valence-electron chi connectivity index (χ4n) is 1.31. The molecule has 1 heterocycles. The van der Waals surface area contributed by atoms with E-state index in [9.17, 15) is 4.79 Å². The van der Waals surface area contributed by atoms with Crippen molar-refractivity contribution in [3.63, 3.8) is 0 Å². The second-order valence-electron chi connectivity index (χ2n) is 3.04. The maximum atomic E-state index is 10.6. The highest BCUT2D eigenvalue weighted by Gasteiger charge is 2.10. The summed E-state index contributed by atoms with van der Waals surface area (Å²) in [6.45, 7) is 0. The third kappa shape index (κ3) is 2.15. The number of carbonyl (C=O) groups excluding carboxylic acids is 1. The van der Waals surface area contributed by atoms with Gasteiger partial charge in [-0.1, -0.05) is 15.9 Å². The highest BCUT2D eigenvalue weighted by atomic mass is 79.9. The van der Waals surface area contributed by atoms with Gasteiger partial charge in [0.15, 0.2) is 6.29 Å². The molecule has 0 unspecified atom stereocenters. The van der Waals surface area contributed by atoms with Crippen LogP contribution in [0.3, 0.4) is 0 Å². The summed E-state index contributed by atoms with van der Waals surface area (Å²) in [7, 11) is 1.61. The lowest BCUT2D eigenvalue weighted by atomic mass is 10.2. The van der Waals surface area contributed by atoms with Gasteiger partial charge in [-0.3, -0.25) is 4.79 Å². The zero-order chi connectivity index (χ0) is 11.5. The second kappa shape index (κ2) is 4.76. The lowest BCUT2D eigenvalue weighted by Gasteiger charge is -2.05. The molecule has 0 radical (unpaired) electrons. The Morgan fingerprint density at radius 2 is 2.31 bits per heavy atom. The standard InChI is InChI=1S/C11H8BrNO2S/c1-15-10-3-2-7(12)4-9(10)11-13-8(5-14)6-16-11/h2-6H,1H3. The topological polar surface area (TPSA) is 39.2 Å². The Morgan fingerprint density at radius 1 is 1.50 bits per heavy atom. The van der Waals surface area contributed by atoms with Crippen molar-refractivity contribution in [2.75, 3.05) is 7.11 Å². The molecule has 0 saturated carbocycles. The highest BCUT2D eigenvalue weighted by Crippen LogP contribution is 2.34. The van der Waals surface area contributed by atoms with Gasteiger partial charge >= 0.3 is 0 Å². The third-order valence-electron chi connectivity index (χ3n) is 2.03. The molecule has 1 aromatic carbocycles. The van der Waals surface area contributed by atoms with E-state index in [2.05, 4.69) is 20.9 Å². The molecule has 0 fully saturated rings. The molecule has 3 nitrogen and oxygen atoms in total. The first-order chi connectivity index (χ1) is 7.74. The zero-order valence-electron chi connectivity index (χ0n) is 8.44. The van der Waals surface area contributed by atoms with Gasteiger partial charge in [0.05, 0.1) is 12.7 Å². The summed E-state index contributed by atoms with van der Waals surface area (Å²) < 4.78 is 6.21. The molecule has 0 atom stereocenters. The van der Waals surface area contributed by atoms with Crippen LogP contribution < -0.4 is 4.74 Å². The number of aromatic nitrogens is 1. The molecular weight excluding hydrogens is 290 g/mol. The molecule has 0 N–H and O–H groups in total. The van der Waals surface area contributed by atoms with Crippen LogP contribution in [0.15, 0.2) is 28.1 Å². The number of hydrogen-bond acceptors (Lipinski definition) is 4. The third-order valence-corrected chi connectivity index (χ3v) is 3.42.